The average molecular weight is 444 g/mol. The molecular weight excluding hydrogens is 418 g/mol. The van der Waals surface area contributed by atoms with E-state index in [1.54, 1.807) is 25.2 Å². The molecule has 0 saturated carbocycles. The lowest BCUT2D eigenvalue weighted by atomic mass is 10.1. The maximum absolute atomic E-state index is 12.5. The third-order valence-corrected chi connectivity index (χ3v) is 5.35. The Morgan fingerprint density at radius 3 is 2.52 bits per heavy atom. The molecule has 164 valence electrons. The van der Waals surface area contributed by atoms with E-state index < -0.39 is 6.03 Å². The van der Waals surface area contributed by atoms with Crippen LogP contribution >= 0.6 is 11.6 Å². The average Bonchev–Trinajstić information content (AvgIpc) is 2.71. The molecule has 1 aliphatic heterocycles. The number of urea groups is 1. The molecule has 1 heterocycles. The van der Waals surface area contributed by atoms with Crippen molar-refractivity contribution in [3.63, 3.8) is 0 Å². The van der Waals surface area contributed by atoms with Crippen LogP contribution in [0.25, 0.3) is 0 Å². The predicted molar refractivity (Wildman–Crippen MR) is 123 cm³/mol. The maximum atomic E-state index is 12.5. The molecule has 0 bridgehead atoms. The molecule has 8 nitrogen and oxygen atoms in total. The highest BCUT2D eigenvalue weighted by atomic mass is 35.5. The van der Waals surface area contributed by atoms with Gasteiger partial charge in [0.15, 0.2) is 0 Å². The summed E-state index contributed by atoms with van der Waals surface area (Å²) < 4.78 is 0. The van der Waals surface area contributed by atoms with Crippen molar-refractivity contribution in [1.29, 1.82) is 0 Å². The summed E-state index contributed by atoms with van der Waals surface area (Å²) in [6, 6.07) is 10.5. The standard InChI is InChI=1S/C22H26ClN5O3/c1-14-5-4-6-15(2)21(14)26-20(30)12-27(3)22(31)25-16-7-8-18(17(23)11-16)28-10-9-24-19(29)13-28/h4-8,11H,9-10,12-13H2,1-3H3,(H,24,29)(H,25,31)(H,26,30). The first-order chi connectivity index (χ1) is 14.7. The van der Waals surface area contributed by atoms with Crippen LogP contribution in [0.5, 0.6) is 0 Å². The van der Waals surface area contributed by atoms with E-state index in [9.17, 15) is 14.4 Å². The lowest BCUT2D eigenvalue weighted by Crippen LogP contribution is -2.47. The van der Waals surface area contributed by atoms with Crippen molar-refractivity contribution in [3.05, 3.63) is 52.5 Å². The largest absolute Gasteiger partial charge is 0.359 e. The Bertz CT molecular complexity index is 990. The first-order valence-electron chi connectivity index (χ1n) is 9.94. The Balaban J connectivity index is 1.58. The molecule has 4 amide bonds. The Kier molecular flexibility index (Phi) is 7.02. The van der Waals surface area contributed by atoms with Crippen LogP contribution in [-0.4, -0.2) is 56.0 Å². The third kappa shape index (κ3) is 5.67. The third-order valence-electron chi connectivity index (χ3n) is 5.05. The molecule has 3 N–H and O–H groups in total. The van der Waals surface area contributed by atoms with Gasteiger partial charge < -0.3 is 25.8 Å². The van der Waals surface area contributed by atoms with E-state index >= 15 is 0 Å². The van der Waals surface area contributed by atoms with Gasteiger partial charge >= 0.3 is 6.03 Å². The second kappa shape index (κ2) is 9.70. The number of carbonyl (C=O) groups excluding carboxylic acids is 3. The van der Waals surface area contributed by atoms with Gasteiger partial charge in [-0.1, -0.05) is 29.8 Å². The second-order valence-corrected chi connectivity index (χ2v) is 7.95. The van der Waals surface area contributed by atoms with Crippen molar-refractivity contribution < 1.29 is 14.4 Å². The van der Waals surface area contributed by atoms with Gasteiger partial charge in [-0.25, -0.2) is 4.79 Å². The summed E-state index contributed by atoms with van der Waals surface area (Å²) in [4.78, 5) is 39.7. The number of carbonyl (C=O) groups is 3. The van der Waals surface area contributed by atoms with Gasteiger partial charge in [-0.05, 0) is 43.2 Å². The van der Waals surface area contributed by atoms with E-state index in [0.29, 0.717) is 23.8 Å². The zero-order valence-electron chi connectivity index (χ0n) is 17.8. The molecule has 1 fully saturated rings. The zero-order valence-corrected chi connectivity index (χ0v) is 18.5. The summed E-state index contributed by atoms with van der Waals surface area (Å²) in [5.41, 5.74) is 3.91. The minimum Gasteiger partial charge on any atom is -0.359 e. The highest BCUT2D eigenvalue weighted by Gasteiger charge is 2.19. The molecular formula is C22H26ClN5O3. The summed E-state index contributed by atoms with van der Waals surface area (Å²) in [6.45, 7) is 5.20. The molecule has 3 rings (SSSR count). The van der Waals surface area contributed by atoms with Crippen molar-refractivity contribution in [3.8, 4) is 0 Å². The molecule has 31 heavy (non-hydrogen) atoms. The Hall–Kier alpha value is -3.26. The van der Waals surface area contributed by atoms with Gasteiger partial charge in [0.05, 0.1) is 17.3 Å². The van der Waals surface area contributed by atoms with Crippen molar-refractivity contribution >= 4 is 46.5 Å². The molecule has 2 aromatic rings. The molecule has 0 aliphatic carbocycles. The maximum Gasteiger partial charge on any atom is 0.322 e. The van der Waals surface area contributed by atoms with Crippen molar-refractivity contribution in [2.24, 2.45) is 0 Å². The second-order valence-electron chi connectivity index (χ2n) is 7.54. The number of hydrogen-bond donors (Lipinski definition) is 3. The fraction of sp³-hybridized carbons (Fsp3) is 0.318. The number of rotatable bonds is 5. The van der Waals surface area contributed by atoms with Crippen LogP contribution in [-0.2, 0) is 9.59 Å². The van der Waals surface area contributed by atoms with E-state index in [1.165, 1.54) is 4.90 Å². The van der Waals surface area contributed by atoms with Crippen LogP contribution in [0.2, 0.25) is 5.02 Å². The molecule has 0 atom stereocenters. The molecule has 2 aromatic carbocycles. The monoisotopic (exact) mass is 443 g/mol. The number of para-hydroxylation sites is 1. The van der Waals surface area contributed by atoms with Gasteiger partial charge in [-0.15, -0.1) is 0 Å². The molecule has 0 spiro atoms. The van der Waals surface area contributed by atoms with E-state index in [0.717, 1.165) is 22.5 Å². The topological polar surface area (TPSA) is 93.8 Å². The highest BCUT2D eigenvalue weighted by Crippen LogP contribution is 2.29. The first-order valence-corrected chi connectivity index (χ1v) is 10.3. The van der Waals surface area contributed by atoms with Gasteiger partial charge in [0.2, 0.25) is 11.8 Å². The molecule has 1 aliphatic rings. The van der Waals surface area contributed by atoms with E-state index in [4.69, 9.17) is 11.6 Å². The van der Waals surface area contributed by atoms with Gasteiger partial charge in [0.25, 0.3) is 0 Å². The van der Waals surface area contributed by atoms with E-state index in [2.05, 4.69) is 16.0 Å². The van der Waals surface area contributed by atoms with Gasteiger partial charge in [0.1, 0.15) is 6.54 Å². The summed E-state index contributed by atoms with van der Waals surface area (Å²) in [5.74, 6) is -0.340. The number of amides is 4. The van der Waals surface area contributed by atoms with E-state index in [1.807, 2.05) is 36.9 Å². The number of nitrogens with zero attached hydrogens (tertiary/aromatic N) is 2. The molecule has 0 unspecified atom stereocenters. The Labute approximate surface area is 186 Å². The smallest absolute Gasteiger partial charge is 0.322 e. The summed E-state index contributed by atoms with van der Waals surface area (Å²) in [7, 11) is 1.54. The van der Waals surface area contributed by atoms with Crippen LogP contribution in [0.3, 0.4) is 0 Å². The lowest BCUT2D eigenvalue weighted by molar-refractivity contribution is -0.120. The molecule has 1 saturated heterocycles. The first kappa shape index (κ1) is 22.4. The van der Waals surface area contributed by atoms with Gasteiger partial charge in [0, 0.05) is 31.5 Å². The van der Waals surface area contributed by atoms with Crippen LogP contribution in [0.15, 0.2) is 36.4 Å². The number of piperazine rings is 1. The van der Waals surface area contributed by atoms with Gasteiger partial charge in [-0.2, -0.15) is 0 Å². The van der Waals surface area contributed by atoms with Gasteiger partial charge in [-0.3, -0.25) is 9.59 Å². The SMILES string of the molecule is Cc1cccc(C)c1NC(=O)CN(C)C(=O)Nc1ccc(N2CCNC(=O)C2)c(Cl)c1. The molecule has 0 aromatic heterocycles. The number of nitrogens with one attached hydrogen (secondary N) is 3. The summed E-state index contributed by atoms with van der Waals surface area (Å²) in [6.07, 6.45) is 0. The number of anilines is 3. The molecule has 0 radical (unpaired) electrons. The number of aryl methyl sites for hydroxylation is 2. The zero-order chi connectivity index (χ0) is 22.5. The number of halogens is 1. The van der Waals surface area contributed by atoms with Crippen LogP contribution < -0.4 is 20.9 Å². The van der Waals surface area contributed by atoms with E-state index in [-0.39, 0.29) is 24.9 Å². The predicted octanol–water partition coefficient (Wildman–Crippen LogP) is 3.00. The molecule has 9 heteroatoms. The van der Waals surface area contributed by atoms with Crippen LogP contribution in [0.4, 0.5) is 21.9 Å². The minimum absolute atomic E-state index is 0.0551. The normalized spacial score (nSPS) is 13.4. The highest BCUT2D eigenvalue weighted by molar-refractivity contribution is 6.33. The fourth-order valence-electron chi connectivity index (χ4n) is 3.38. The number of hydrogen-bond acceptors (Lipinski definition) is 4. The number of likely N-dealkylation sites (N-methyl/N-ethyl adjacent to an activating group) is 1. The lowest BCUT2D eigenvalue weighted by Gasteiger charge is -2.29. The fourth-order valence-corrected chi connectivity index (χ4v) is 3.68. The Morgan fingerprint density at radius 1 is 1.16 bits per heavy atom. The Morgan fingerprint density at radius 2 is 1.87 bits per heavy atom. The van der Waals surface area contributed by atoms with Crippen molar-refractivity contribution in [2.75, 3.05) is 48.8 Å². The van der Waals surface area contributed by atoms with Crippen molar-refractivity contribution in [1.82, 2.24) is 10.2 Å². The quantitative estimate of drug-likeness (QED) is 0.662. The summed E-state index contributed by atoms with van der Waals surface area (Å²) in [5, 5.41) is 8.81. The van der Waals surface area contributed by atoms with Crippen LogP contribution in [0, 0.1) is 13.8 Å². The minimum atomic E-state index is -0.433. The van der Waals surface area contributed by atoms with Crippen molar-refractivity contribution in [2.45, 2.75) is 13.8 Å². The number of benzene rings is 2. The van der Waals surface area contributed by atoms with Crippen LogP contribution in [0.1, 0.15) is 11.1 Å². The summed E-state index contributed by atoms with van der Waals surface area (Å²) >= 11 is 6.38.